The minimum absolute atomic E-state index is 0.319. The third-order valence-electron chi connectivity index (χ3n) is 3.17. The Morgan fingerprint density at radius 3 is 2.73 bits per heavy atom. The number of methoxy groups -OCH3 is 1. The largest absolute Gasteiger partial charge is 0.508 e. The first-order chi connectivity index (χ1) is 10.6. The topological polar surface area (TPSA) is 67.2 Å². The third kappa shape index (κ3) is 2.54. The van der Waals surface area contributed by atoms with E-state index in [1.54, 1.807) is 12.1 Å². The molecule has 0 aliphatic rings. The number of ether oxygens (including phenoxy) is 1. The fourth-order valence-electron chi connectivity index (χ4n) is 2.16. The Morgan fingerprint density at radius 1 is 1.27 bits per heavy atom. The van der Waals surface area contributed by atoms with Gasteiger partial charge in [-0.15, -0.1) is 0 Å². The first kappa shape index (κ1) is 14.2. The molecule has 0 amide bonds. The van der Waals surface area contributed by atoms with Crippen LogP contribution in [0.4, 0.5) is 17.3 Å². The number of benzene rings is 1. The second-order valence-corrected chi connectivity index (χ2v) is 5.07. The molecule has 0 saturated heterocycles. The molecule has 0 unspecified atom stereocenters. The molecular weight excluding hydrogens is 302 g/mol. The van der Waals surface area contributed by atoms with Crippen LogP contribution in [-0.4, -0.2) is 22.3 Å². The summed E-state index contributed by atoms with van der Waals surface area (Å²) in [4.78, 5) is 7.73. The number of aromatic amines is 1. The molecule has 110 valence electrons. The van der Waals surface area contributed by atoms with Crippen LogP contribution >= 0.6 is 11.6 Å². The van der Waals surface area contributed by atoms with Crippen molar-refractivity contribution < 1.29 is 4.74 Å². The Morgan fingerprint density at radius 2 is 2.09 bits per heavy atom. The standard InChI is InChI=1S/C15H12ClN5O/c1-8-4-14(21-20-8)18-13-6-9-5-12(22-3)11(17-2)7-10(9)15(16)19-13/h4-7H,1,3H3,(H2,18,19,20,21). The van der Waals surface area contributed by atoms with Crippen molar-refractivity contribution in [3.8, 4) is 5.75 Å². The molecule has 0 bridgehead atoms. The lowest BCUT2D eigenvalue weighted by atomic mass is 10.1. The van der Waals surface area contributed by atoms with Crippen LogP contribution in [0, 0.1) is 13.5 Å². The van der Waals surface area contributed by atoms with Crippen LogP contribution in [0.15, 0.2) is 24.3 Å². The van der Waals surface area contributed by atoms with E-state index < -0.39 is 0 Å². The molecule has 0 aliphatic carbocycles. The molecule has 0 aliphatic heterocycles. The smallest absolute Gasteiger partial charge is 0.228 e. The maximum atomic E-state index is 7.18. The summed E-state index contributed by atoms with van der Waals surface area (Å²) in [5.74, 6) is 1.73. The predicted octanol–water partition coefficient (Wildman–Crippen LogP) is 4.22. The van der Waals surface area contributed by atoms with E-state index in [9.17, 15) is 0 Å². The second-order valence-electron chi connectivity index (χ2n) is 4.72. The van der Waals surface area contributed by atoms with Crippen molar-refractivity contribution in [2.45, 2.75) is 6.92 Å². The van der Waals surface area contributed by atoms with Gasteiger partial charge in [0, 0.05) is 17.1 Å². The van der Waals surface area contributed by atoms with Crippen molar-refractivity contribution >= 4 is 39.7 Å². The molecule has 2 N–H and O–H groups in total. The number of hydrogen-bond donors (Lipinski definition) is 2. The van der Waals surface area contributed by atoms with Crippen LogP contribution in [0.25, 0.3) is 15.6 Å². The lowest BCUT2D eigenvalue weighted by Gasteiger charge is -2.09. The van der Waals surface area contributed by atoms with E-state index >= 15 is 0 Å². The Labute approximate surface area is 131 Å². The molecule has 22 heavy (non-hydrogen) atoms. The number of fused-ring (bicyclic) bond motifs is 1. The Kier molecular flexibility index (Phi) is 3.57. The molecule has 0 fully saturated rings. The van der Waals surface area contributed by atoms with E-state index in [0.717, 1.165) is 11.1 Å². The van der Waals surface area contributed by atoms with E-state index in [-0.39, 0.29) is 0 Å². The summed E-state index contributed by atoms with van der Waals surface area (Å²) in [5.41, 5.74) is 1.35. The van der Waals surface area contributed by atoms with Crippen LogP contribution in [0.2, 0.25) is 5.15 Å². The summed E-state index contributed by atoms with van der Waals surface area (Å²) in [6.45, 7) is 9.10. The number of nitrogens with zero attached hydrogens (tertiary/aromatic N) is 3. The fraction of sp³-hybridized carbons (Fsp3) is 0.133. The molecule has 2 heterocycles. The van der Waals surface area contributed by atoms with E-state index in [4.69, 9.17) is 22.9 Å². The molecule has 0 spiro atoms. The Bertz CT molecular complexity index is 897. The lowest BCUT2D eigenvalue weighted by Crippen LogP contribution is -1.95. The number of nitrogens with one attached hydrogen (secondary N) is 2. The van der Waals surface area contributed by atoms with Crippen molar-refractivity contribution in [2.75, 3.05) is 12.4 Å². The number of aromatic nitrogens is 3. The van der Waals surface area contributed by atoms with Crippen molar-refractivity contribution in [3.63, 3.8) is 0 Å². The van der Waals surface area contributed by atoms with Gasteiger partial charge in [-0.2, -0.15) is 5.10 Å². The minimum Gasteiger partial charge on any atom is -0.508 e. The average molecular weight is 314 g/mol. The van der Waals surface area contributed by atoms with Gasteiger partial charge in [0.15, 0.2) is 5.82 Å². The second kappa shape index (κ2) is 5.54. The van der Waals surface area contributed by atoms with Crippen molar-refractivity contribution in [3.05, 3.63) is 46.5 Å². The molecule has 0 radical (unpaired) electrons. The zero-order valence-corrected chi connectivity index (χ0v) is 12.7. The highest BCUT2D eigenvalue weighted by Gasteiger charge is 2.11. The van der Waals surface area contributed by atoms with Crippen LogP contribution in [-0.2, 0) is 0 Å². The quantitative estimate of drug-likeness (QED) is 0.561. The van der Waals surface area contributed by atoms with Gasteiger partial charge in [-0.05, 0) is 30.5 Å². The zero-order chi connectivity index (χ0) is 15.7. The molecular formula is C15H12ClN5O. The SMILES string of the molecule is [C-]#[N+]c1cc2c(Cl)nc(Nc3cc(C)[nH]n3)cc2cc1OC. The number of aryl methyl sites for hydroxylation is 1. The van der Waals surface area contributed by atoms with Gasteiger partial charge in [0.05, 0.1) is 13.7 Å². The van der Waals surface area contributed by atoms with Crippen molar-refractivity contribution in [1.82, 2.24) is 15.2 Å². The van der Waals surface area contributed by atoms with Gasteiger partial charge >= 0.3 is 0 Å². The molecule has 6 nitrogen and oxygen atoms in total. The Hall–Kier alpha value is -2.78. The minimum atomic E-state index is 0.319. The number of H-pyrrole nitrogens is 1. The van der Waals surface area contributed by atoms with E-state index in [1.807, 2.05) is 19.1 Å². The van der Waals surface area contributed by atoms with Gasteiger partial charge in [-0.1, -0.05) is 11.6 Å². The van der Waals surface area contributed by atoms with Crippen LogP contribution in [0.1, 0.15) is 5.69 Å². The molecule has 0 atom stereocenters. The number of hydrogen-bond acceptors (Lipinski definition) is 4. The molecule has 3 aromatic rings. The Balaban J connectivity index is 2.09. The van der Waals surface area contributed by atoms with Gasteiger partial charge in [-0.25, -0.2) is 9.83 Å². The van der Waals surface area contributed by atoms with Gasteiger partial charge in [0.25, 0.3) is 0 Å². The molecule has 3 rings (SSSR count). The van der Waals surface area contributed by atoms with Gasteiger partial charge in [0.1, 0.15) is 16.7 Å². The summed E-state index contributed by atoms with van der Waals surface area (Å²) in [5, 5.41) is 11.9. The first-order valence-corrected chi connectivity index (χ1v) is 6.83. The van der Waals surface area contributed by atoms with E-state index in [2.05, 4.69) is 25.3 Å². The molecule has 0 saturated carbocycles. The van der Waals surface area contributed by atoms with Gasteiger partial charge in [0.2, 0.25) is 5.69 Å². The number of halogens is 1. The van der Waals surface area contributed by atoms with E-state index in [0.29, 0.717) is 33.6 Å². The van der Waals surface area contributed by atoms with E-state index in [1.165, 1.54) is 7.11 Å². The summed E-state index contributed by atoms with van der Waals surface area (Å²) in [6.07, 6.45) is 0. The highest BCUT2D eigenvalue weighted by molar-refractivity contribution is 6.34. The van der Waals surface area contributed by atoms with Crippen molar-refractivity contribution in [2.24, 2.45) is 0 Å². The number of anilines is 2. The normalized spacial score (nSPS) is 10.5. The summed E-state index contributed by atoms with van der Waals surface area (Å²) >= 11 is 6.24. The first-order valence-electron chi connectivity index (χ1n) is 6.45. The third-order valence-corrected chi connectivity index (χ3v) is 3.45. The lowest BCUT2D eigenvalue weighted by molar-refractivity contribution is 0.418. The monoisotopic (exact) mass is 313 g/mol. The molecule has 2 aromatic heterocycles. The van der Waals surface area contributed by atoms with Gasteiger partial charge in [-0.3, -0.25) is 5.10 Å². The average Bonchev–Trinajstić information content (AvgIpc) is 2.91. The number of pyridine rings is 1. The van der Waals surface area contributed by atoms with Crippen molar-refractivity contribution in [1.29, 1.82) is 0 Å². The number of rotatable bonds is 3. The molecule has 7 heteroatoms. The highest BCUT2D eigenvalue weighted by Crippen LogP contribution is 2.36. The maximum Gasteiger partial charge on any atom is 0.228 e. The van der Waals surface area contributed by atoms with Crippen LogP contribution in [0.5, 0.6) is 5.75 Å². The zero-order valence-electron chi connectivity index (χ0n) is 11.9. The molecule has 1 aromatic carbocycles. The fourth-order valence-corrected chi connectivity index (χ4v) is 2.41. The van der Waals surface area contributed by atoms with Crippen LogP contribution in [0.3, 0.4) is 0 Å². The van der Waals surface area contributed by atoms with Crippen LogP contribution < -0.4 is 10.1 Å². The summed E-state index contributed by atoms with van der Waals surface area (Å²) < 4.78 is 5.23. The predicted molar refractivity (Wildman–Crippen MR) is 86.2 cm³/mol. The summed E-state index contributed by atoms with van der Waals surface area (Å²) in [6, 6.07) is 7.15. The highest BCUT2D eigenvalue weighted by atomic mass is 35.5. The summed E-state index contributed by atoms with van der Waals surface area (Å²) in [7, 11) is 1.53. The maximum absolute atomic E-state index is 7.18. The van der Waals surface area contributed by atoms with Gasteiger partial charge < -0.3 is 10.1 Å².